The predicted molar refractivity (Wildman–Crippen MR) is 115 cm³/mol. The molecule has 8 heteroatoms. The third-order valence-corrected chi connectivity index (χ3v) is 6.60. The van der Waals surface area contributed by atoms with Gasteiger partial charge >= 0.3 is 0 Å². The third-order valence-electron chi connectivity index (χ3n) is 5.09. The molecule has 1 fully saturated rings. The van der Waals surface area contributed by atoms with Crippen molar-refractivity contribution in [2.75, 3.05) is 31.2 Å². The first-order valence-electron chi connectivity index (χ1n) is 9.93. The van der Waals surface area contributed by atoms with E-state index in [9.17, 15) is 0 Å². The Balaban J connectivity index is 1.76. The number of aromatic nitrogens is 4. The molecular weight excluding hydrogens is 394 g/mol. The van der Waals surface area contributed by atoms with Crippen LogP contribution >= 0.6 is 22.9 Å². The average Bonchev–Trinajstić information content (AvgIpc) is 3.22. The van der Waals surface area contributed by atoms with Gasteiger partial charge in [-0.25, -0.2) is 14.5 Å². The minimum atomic E-state index is 0.528. The Kier molecular flexibility index (Phi) is 5.85. The first-order valence-corrected chi connectivity index (χ1v) is 11.1. The predicted octanol–water partition coefficient (Wildman–Crippen LogP) is 4.69. The lowest BCUT2D eigenvalue weighted by atomic mass is 10.1. The highest BCUT2D eigenvalue weighted by atomic mass is 35.5. The molecule has 150 valence electrons. The van der Waals surface area contributed by atoms with E-state index in [1.54, 1.807) is 11.3 Å². The standard InChI is InChI=1S/C20H26ClN5OS/c1-4-5-6-7-15-12-13(2)22-19-16(14(3)24-26(15)19)17-18(21)23-20(28-17)25-8-10-27-11-9-25/h12H,4-11H2,1-3H3. The molecule has 1 saturated heterocycles. The van der Waals surface area contributed by atoms with Crippen molar-refractivity contribution in [2.45, 2.75) is 46.5 Å². The van der Waals surface area contributed by atoms with Gasteiger partial charge in [0.15, 0.2) is 10.8 Å². The minimum Gasteiger partial charge on any atom is -0.378 e. The Morgan fingerprint density at radius 3 is 2.71 bits per heavy atom. The summed E-state index contributed by atoms with van der Waals surface area (Å²) in [6, 6.07) is 2.15. The van der Waals surface area contributed by atoms with Crippen LogP contribution in [0, 0.1) is 13.8 Å². The molecule has 0 amide bonds. The van der Waals surface area contributed by atoms with Crippen molar-refractivity contribution in [3.05, 3.63) is 28.3 Å². The number of hydrogen-bond donors (Lipinski definition) is 0. The summed E-state index contributed by atoms with van der Waals surface area (Å²) in [6.07, 6.45) is 4.59. The van der Waals surface area contributed by atoms with Crippen LogP contribution in [0.4, 0.5) is 5.13 Å². The Bertz CT molecular complexity index is 977. The van der Waals surface area contributed by atoms with Crippen LogP contribution in [0.3, 0.4) is 0 Å². The van der Waals surface area contributed by atoms with Crippen LogP contribution in [0.1, 0.15) is 43.3 Å². The summed E-state index contributed by atoms with van der Waals surface area (Å²) in [5.41, 5.74) is 5.04. The van der Waals surface area contributed by atoms with E-state index in [-0.39, 0.29) is 0 Å². The summed E-state index contributed by atoms with van der Waals surface area (Å²) in [6.45, 7) is 9.43. The molecule has 0 N–H and O–H groups in total. The second kappa shape index (κ2) is 8.35. The van der Waals surface area contributed by atoms with Gasteiger partial charge in [0, 0.05) is 24.5 Å². The molecule has 28 heavy (non-hydrogen) atoms. The lowest BCUT2D eigenvalue weighted by Crippen LogP contribution is -2.36. The van der Waals surface area contributed by atoms with Crippen LogP contribution in [0.5, 0.6) is 0 Å². The van der Waals surface area contributed by atoms with E-state index in [0.29, 0.717) is 5.15 Å². The van der Waals surface area contributed by atoms with Crippen LogP contribution in [0.25, 0.3) is 16.1 Å². The molecule has 4 heterocycles. The summed E-state index contributed by atoms with van der Waals surface area (Å²) < 4.78 is 7.45. The van der Waals surface area contributed by atoms with Crippen LogP contribution in [-0.4, -0.2) is 45.9 Å². The fourth-order valence-electron chi connectivity index (χ4n) is 3.66. The number of anilines is 1. The van der Waals surface area contributed by atoms with Gasteiger partial charge in [0.2, 0.25) is 0 Å². The molecule has 3 aromatic rings. The number of hydrogen-bond acceptors (Lipinski definition) is 6. The van der Waals surface area contributed by atoms with Crippen molar-refractivity contribution in [1.82, 2.24) is 19.6 Å². The largest absolute Gasteiger partial charge is 0.378 e. The van der Waals surface area contributed by atoms with E-state index in [1.165, 1.54) is 18.5 Å². The third kappa shape index (κ3) is 3.75. The molecule has 0 spiro atoms. The van der Waals surface area contributed by atoms with Crippen LogP contribution in [0.2, 0.25) is 5.15 Å². The fraction of sp³-hybridized carbons (Fsp3) is 0.550. The highest BCUT2D eigenvalue weighted by molar-refractivity contribution is 7.19. The number of rotatable bonds is 6. The number of morpholine rings is 1. The lowest BCUT2D eigenvalue weighted by Gasteiger charge is -2.25. The van der Waals surface area contributed by atoms with Gasteiger partial charge in [-0.1, -0.05) is 42.7 Å². The summed E-state index contributed by atoms with van der Waals surface area (Å²) in [4.78, 5) is 12.6. The maximum absolute atomic E-state index is 6.59. The van der Waals surface area contributed by atoms with Crippen LogP contribution < -0.4 is 4.90 Å². The molecule has 0 aromatic carbocycles. The molecule has 0 bridgehead atoms. The van der Waals surface area contributed by atoms with Gasteiger partial charge in [-0.2, -0.15) is 5.10 Å². The highest BCUT2D eigenvalue weighted by Crippen LogP contribution is 2.41. The molecule has 3 aromatic heterocycles. The molecule has 0 saturated carbocycles. The number of fused-ring (bicyclic) bond motifs is 1. The second-order valence-electron chi connectivity index (χ2n) is 7.26. The Labute approximate surface area is 174 Å². The lowest BCUT2D eigenvalue weighted by molar-refractivity contribution is 0.122. The Morgan fingerprint density at radius 1 is 1.18 bits per heavy atom. The van der Waals surface area contributed by atoms with E-state index in [1.807, 2.05) is 18.4 Å². The van der Waals surface area contributed by atoms with Gasteiger partial charge in [-0.05, 0) is 32.8 Å². The quantitative estimate of drug-likeness (QED) is 0.542. The molecule has 0 unspecified atom stereocenters. The zero-order valence-electron chi connectivity index (χ0n) is 16.7. The van der Waals surface area contributed by atoms with Crippen molar-refractivity contribution < 1.29 is 4.74 Å². The van der Waals surface area contributed by atoms with Crippen molar-refractivity contribution in [3.63, 3.8) is 0 Å². The molecule has 1 aliphatic rings. The smallest absolute Gasteiger partial charge is 0.187 e. The number of halogens is 1. The van der Waals surface area contributed by atoms with E-state index in [2.05, 4.69) is 22.9 Å². The molecular formula is C20H26ClN5OS. The van der Waals surface area contributed by atoms with Crippen LogP contribution in [-0.2, 0) is 11.2 Å². The topological polar surface area (TPSA) is 55.5 Å². The van der Waals surface area contributed by atoms with Crippen molar-refractivity contribution in [3.8, 4) is 10.4 Å². The SMILES string of the molecule is CCCCCc1cc(C)nc2c(-c3sc(N4CCOCC4)nc3Cl)c(C)nn12. The zero-order chi connectivity index (χ0) is 19.7. The maximum atomic E-state index is 6.59. The first kappa shape index (κ1) is 19.6. The number of ether oxygens (including phenoxy) is 1. The highest BCUT2D eigenvalue weighted by Gasteiger charge is 2.24. The van der Waals surface area contributed by atoms with Crippen LogP contribution in [0.15, 0.2) is 6.07 Å². The molecule has 4 rings (SSSR count). The van der Waals surface area contributed by atoms with E-state index >= 15 is 0 Å². The van der Waals surface area contributed by atoms with Crippen molar-refractivity contribution in [2.24, 2.45) is 0 Å². The van der Waals surface area contributed by atoms with Gasteiger partial charge in [-0.3, -0.25) is 0 Å². The maximum Gasteiger partial charge on any atom is 0.187 e. The number of nitrogens with zero attached hydrogens (tertiary/aromatic N) is 5. The van der Waals surface area contributed by atoms with Gasteiger partial charge in [-0.15, -0.1) is 0 Å². The first-order chi connectivity index (χ1) is 13.6. The molecule has 1 aliphatic heterocycles. The summed E-state index contributed by atoms with van der Waals surface area (Å²) in [5, 5.41) is 6.28. The molecule has 0 aliphatic carbocycles. The number of unbranched alkanes of at least 4 members (excludes halogenated alkanes) is 2. The van der Waals surface area contributed by atoms with Crippen molar-refractivity contribution >= 4 is 33.7 Å². The monoisotopic (exact) mass is 419 g/mol. The van der Waals surface area contributed by atoms with Gasteiger partial charge in [0.25, 0.3) is 0 Å². The minimum absolute atomic E-state index is 0.528. The number of aryl methyl sites for hydroxylation is 3. The summed E-state index contributed by atoms with van der Waals surface area (Å²) in [7, 11) is 0. The van der Waals surface area contributed by atoms with Crippen molar-refractivity contribution in [1.29, 1.82) is 0 Å². The fourth-order valence-corrected chi connectivity index (χ4v) is 5.10. The normalized spacial score (nSPS) is 14.9. The molecule has 6 nitrogen and oxygen atoms in total. The average molecular weight is 420 g/mol. The van der Waals surface area contributed by atoms with Gasteiger partial charge < -0.3 is 9.64 Å². The zero-order valence-corrected chi connectivity index (χ0v) is 18.2. The molecule has 0 radical (unpaired) electrons. The van der Waals surface area contributed by atoms with E-state index in [4.69, 9.17) is 26.4 Å². The van der Waals surface area contributed by atoms with E-state index in [0.717, 1.165) is 71.8 Å². The number of thiazole rings is 1. The van der Waals surface area contributed by atoms with Gasteiger partial charge in [0.1, 0.15) is 5.15 Å². The Morgan fingerprint density at radius 2 is 1.96 bits per heavy atom. The van der Waals surface area contributed by atoms with Gasteiger partial charge in [0.05, 0.1) is 29.3 Å². The van der Waals surface area contributed by atoms with E-state index < -0.39 is 0 Å². The Hall–Kier alpha value is -1.70. The second-order valence-corrected chi connectivity index (χ2v) is 8.59. The summed E-state index contributed by atoms with van der Waals surface area (Å²) in [5.74, 6) is 0. The summed E-state index contributed by atoms with van der Waals surface area (Å²) >= 11 is 8.21. The molecule has 0 atom stereocenters.